The van der Waals surface area contributed by atoms with Gasteiger partial charge in [0.25, 0.3) is 0 Å². The van der Waals surface area contributed by atoms with Crippen LogP contribution in [0.4, 0.5) is 5.82 Å². The number of hydrogen-bond donors (Lipinski definition) is 4. The molecule has 1 aromatic carbocycles. The maximum atomic E-state index is 10.3. The fourth-order valence-corrected chi connectivity index (χ4v) is 3.19. The molecule has 26 heavy (non-hydrogen) atoms. The number of halogens is 1. The lowest BCUT2D eigenvalue weighted by atomic mass is 10.1. The van der Waals surface area contributed by atoms with E-state index in [0.29, 0.717) is 21.7 Å². The number of aliphatic hydroxyl groups excluding tert-OH is 3. The highest BCUT2D eigenvalue weighted by Crippen LogP contribution is 2.36. The third kappa shape index (κ3) is 2.61. The van der Waals surface area contributed by atoms with Gasteiger partial charge in [-0.25, -0.2) is 14.6 Å². The average Bonchev–Trinajstić information content (AvgIpc) is 3.15. The normalized spacial score (nSPS) is 25.8. The van der Waals surface area contributed by atoms with Crippen molar-refractivity contribution in [1.82, 2.24) is 19.7 Å². The molecular weight excluding hydrogens is 362 g/mol. The molecule has 1 aliphatic rings. The Morgan fingerprint density at radius 3 is 2.54 bits per heavy atom. The zero-order valence-corrected chi connectivity index (χ0v) is 14.2. The molecule has 4 atom stereocenters. The van der Waals surface area contributed by atoms with Crippen molar-refractivity contribution in [1.29, 1.82) is 0 Å². The van der Waals surface area contributed by atoms with E-state index in [9.17, 15) is 15.3 Å². The van der Waals surface area contributed by atoms with Crippen LogP contribution < -0.4 is 5.73 Å². The van der Waals surface area contributed by atoms with Crippen LogP contribution in [0.15, 0.2) is 30.6 Å². The standard InChI is InChI=1S/C16H16ClN5O4/c17-8-3-1-7(2-4-8)11-10-14(18)19-6-20-15(10)22(21-11)16-13(25)12(24)9(5-23)26-16/h1-4,6,9,12-13,16,23-25H,5H2,(H2,18,19,20)/t9-,12-,13-,16-/m1/s1. The van der Waals surface area contributed by atoms with E-state index in [-0.39, 0.29) is 5.82 Å². The van der Waals surface area contributed by atoms with Crippen molar-refractivity contribution in [3.63, 3.8) is 0 Å². The minimum absolute atomic E-state index is 0.220. The predicted molar refractivity (Wildman–Crippen MR) is 93.2 cm³/mol. The minimum atomic E-state index is -1.29. The number of nitrogens with zero attached hydrogens (tertiary/aromatic N) is 4. The molecule has 1 fully saturated rings. The Bertz CT molecular complexity index is 948. The number of aliphatic hydroxyl groups is 3. The second-order valence-corrected chi connectivity index (χ2v) is 6.42. The van der Waals surface area contributed by atoms with Crippen LogP contribution in [0, 0.1) is 0 Å². The predicted octanol–water partition coefficient (Wildman–Crippen LogP) is 0.340. The van der Waals surface area contributed by atoms with Gasteiger partial charge in [0.2, 0.25) is 0 Å². The van der Waals surface area contributed by atoms with Crippen molar-refractivity contribution in [3.8, 4) is 11.3 Å². The summed E-state index contributed by atoms with van der Waals surface area (Å²) in [6, 6.07) is 6.98. The van der Waals surface area contributed by atoms with Gasteiger partial charge < -0.3 is 25.8 Å². The zero-order chi connectivity index (χ0) is 18.4. The van der Waals surface area contributed by atoms with E-state index in [2.05, 4.69) is 15.1 Å². The first-order chi connectivity index (χ1) is 12.5. The Balaban J connectivity index is 1.89. The summed E-state index contributed by atoms with van der Waals surface area (Å²) in [7, 11) is 0. The molecule has 10 heteroatoms. The molecular formula is C16H16ClN5O4. The molecule has 0 saturated carbocycles. The van der Waals surface area contributed by atoms with Gasteiger partial charge in [-0.05, 0) is 12.1 Å². The van der Waals surface area contributed by atoms with Crippen LogP contribution in [0.5, 0.6) is 0 Å². The largest absolute Gasteiger partial charge is 0.394 e. The topological polar surface area (TPSA) is 140 Å². The van der Waals surface area contributed by atoms with Crippen molar-refractivity contribution < 1.29 is 20.1 Å². The van der Waals surface area contributed by atoms with E-state index in [1.165, 1.54) is 11.0 Å². The molecule has 0 aliphatic carbocycles. The average molecular weight is 378 g/mol. The Kier molecular flexibility index (Phi) is 4.25. The summed E-state index contributed by atoms with van der Waals surface area (Å²) in [6.07, 6.45) is -3.21. The summed E-state index contributed by atoms with van der Waals surface area (Å²) < 4.78 is 6.91. The Morgan fingerprint density at radius 1 is 1.15 bits per heavy atom. The Hall–Kier alpha value is -2.30. The Labute approximate surface area is 152 Å². The lowest BCUT2D eigenvalue weighted by molar-refractivity contribution is -0.0565. The molecule has 9 nitrogen and oxygen atoms in total. The second kappa shape index (κ2) is 6.45. The smallest absolute Gasteiger partial charge is 0.181 e. The monoisotopic (exact) mass is 377 g/mol. The van der Waals surface area contributed by atoms with Crippen LogP contribution in [0.2, 0.25) is 5.02 Å². The molecule has 4 rings (SSSR count). The van der Waals surface area contributed by atoms with Crippen molar-refractivity contribution in [2.45, 2.75) is 24.5 Å². The van der Waals surface area contributed by atoms with E-state index < -0.39 is 31.1 Å². The number of nitrogens with two attached hydrogens (primary N) is 1. The maximum Gasteiger partial charge on any atom is 0.181 e. The van der Waals surface area contributed by atoms with Crippen LogP contribution >= 0.6 is 11.6 Å². The molecule has 5 N–H and O–H groups in total. The van der Waals surface area contributed by atoms with Gasteiger partial charge in [-0.3, -0.25) is 0 Å². The number of benzene rings is 1. The van der Waals surface area contributed by atoms with E-state index >= 15 is 0 Å². The van der Waals surface area contributed by atoms with Crippen LogP contribution in [0.1, 0.15) is 6.23 Å². The highest BCUT2D eigenvalue weighted by molar-refractivity contribution is 6.30. The van der Waals surface area contributed by atoms with E-state index in [4.69, 9.17) is 22.1 Å². The van der Waals surface area contributed by atoms with Crippen molar-refractivity contribution in [3.05, 3.63) is 35.6 Å². The van der Waals surface area contributed by atoms with Gasteiger partial charge in [-0.15, -0.1) is 0 Å². The lowest BCUT2D eigenvalue weighted by Gasteiger charge is -2.15. The van der Waals surface area contributed by atoms with E-state index in [1.807, 2.05) is 0 Å². The molecule has 1 aliphatic heterocycles. The summed E-state index contributed by atoms with van der Waals surface area (Å²) >= 11 is 5.95. The van der Waals surface area contributed by atoms with Gasteiger partial charge in [0.05, 0.1) is 12.0 Å². The van der Waals surface area contributed by atoms with Crippen LogP contribution in [-0.2, 0) is 4.74 Å². The highest BCUT2D eigenvalue weighted by atomic mass is 35.5. The van der Waals surface area contributed by atoms with Crippen molar-refractivity contribution in [2.75, 3.05) is 12.3 Å². The maximum absolute atomic E-state index is 10.3. The molecule has 136 valence electrons. The molecule has 2 aromatic heterocycles. The van der Waals surface area contributed by atoms with Gasteiger partial charge in [0.15, 0.2) is 11.9 Å². The summed E-state index contributed by atoms with van der Waals surface area (Å²) in [5.74, 6) is 0.220. The number of anilines is 1. The fraction of sp³-hybridized carbons (Fsp3) is 0.312. The number of fused-ring (bicyclic) bond motifs is 1. The number of hydrogen-bond acceptors (Lipinski definition) is 8. The molecule has 1 saturated heterocycles. The summed E-state index contributed by atoms with van der Waals surface area (Å²) in [6.45, 7) is -0.435. The van der Waals surface area contributed by atoms with Gasteiger partial charge in [0, 0.05) is 10.6 Å². The number of rotatable bonds is 3. The third-order valence-electron chi connectivity index (χ3n) is 4.39. The first kappa shape index (κ1) is 17.1. The molecule has 0 bridgehead atoms. The van der Waals surface area contributed by atoms with Gasteiger partial charge in [0.1, 0.15) is 36.2 Å². The number of nitrogen functional groups attached to an aromatic ring is 1. The highest BCUT2D eigenvalue weighted by Gasteiger charge is 2.44. The molecule has 0 spiro atoms. The summed E-state index contributed by atoms with van der Waals surface area (Å²) in [5.41, 5.74) is 7.59. The van der Waals surface area contributed by atoms with Gasteiger partial charge in [-0.2, -0.15) is 5.10 Å². The first-order valence-electron chi connectivity index (χ1n) is 7.88. The summed E-state index contributed by atoms with van der Waals surface area (Å²) in [5, 5.41) is 35.2. The first-order valence-corrected chi connectivity index (χ1v) is 8.26. The third-order valence-corrected chi connectivity index (χ3v) is 4.65. The molecule has 3 heterocycles. The lowest BCUT2D eigenvalue weighted by Crippen LogP contribution is -2.33. The Morgan fingerprint density at radius 2 is 1.88 bits per heavy atom. The molecule has 0 unspecified atom stereocenters. The zero-order valence-electron chi connectivity index (χ0n) is 13.4. The van der Waals surface area contributed by atoms with Crippen LogP contribution in [-0.4, -0.2) is 60.0 Å². The van der Waals surface area contributed by atoms with Crippen molar-refractivity contribution >= 4 is 28.5 Å². The quantitative estimate of drug-likeness (QED) is 0.512. The molecule has 3 aromatic rings. The van der Waals surface area contributed by atoms with Gasteiger partial charge >= 0.3 is 0 Å². The fourth-order valence-electron chi connectivity index (χ4n) is 3.06. The van der Waals surface area contributed by atoms with Crippen molar-refractivity contribution in [2.24, 2.45) is 0 Å². The van der Waals surface area contributed by atoms with E-state index in [0.717, 1.165) is 5.56 Å². The number of ether oxygens (including phenoxy) is 1. The number of aromatic nitrogens is 4. The molecule has 0 radical (unpaired) electrons. The van der Waals surface area contributed by atoms with Gasteiger partial charge in [-0.1, -0.05) is 23.7 Å². The van der Waals surface area contributed by atoms with Crippen LogP contribution in [0.25, 0.3) is 22.3 Å². The SMILES string of the molecule is Nc1ncnc2c1c(-c1ccc(Cl)cc1)nn2[C@@H]1O[C@H](CO)[C@@H](O)[C@H]1O. The second-order valence-electron chi connectivity index (χ2n) is 5.99. The summed E-state index contributed by atoms with van der Waals surface area (Å²) in [4.78, 5) is 8.22. The minimum Gasteiger partial charge on any atom is -0.394 e. The molecule has 0 amide bonds. The van der Waals surface area contributed by atoms with E-state index in [1.54, 1.807) is 24.3 Å². The van der Waals surface area contributed by atoms with Crippen LogP contribution in [0.3, 0.4) is 0 Å².